The van der Waals surface area contributed by atoms with E-state index in [1.165, 1.54) is 35.2 Å². The number of anilines is 1. The van der Waals surface area contributed by atoms with Crippen molar-refractivity contribution in [3.8, 4) is 0 Å². The number of carbonyl (C=O) groups excluding carboxylic acids is 2. The highest BCUT2D eigenvalue weighted by molar-refractivity contribution is 7.92. The number of rotatable bonds is 11. The van der Waals surface area contributed by atoms with Gasteiger partial charge in [0.05, 0.1) is 20.6 Å². The third kappa shape index (κ3) is 7.56. The van der Waals surface area contributed by atoms with Crippen LogP contribution in [0, 0.1) is 13.8 Å². The van der Waals surface area contributed by atoms with Gasteiger partial charge in [0.1, 0.15) is 12.6 Å². The van der Waals surface area contributed by atoms with Gasteiger partial charge in [0.15, 0.2) is 0 Å². The molecule has 3 rings (SSSR count). The normalized spacial score (nSPS) is 12.9. The number of nitrogens with one attached hydrogen (secondary N) is 1. The first kappa shape index (κ1) is 31.5. The van der Waals surface area contributed by atoms with Crippen molar-refractivity contribution in [1.29, 1.82) is 0 Å². The number of carbonyl (C=O) groups is 2. The van der Waals surface area contributed by atoms with Crippen LogP contribution >= 0.6 is 23.2 Å². The summed E-state index contributed by atoms with van der Waals surface area (Å²) in [5, 5.41) is 3.33. The number of sulfonamides is 1. The maximum atomic E-state index is 14.0. The van der Waals surface area contributed by atoms with Gasteiger partial charge in [0.25, 0.3) is 10.0 Å². The second-order valence-electron chi connectivity index (χ2n) is 9.87. The molecule has 0 bridgehead atoms. The lowest BCUT2D eigenvalue weighted by atomic mass is 10.1. The Morgan fingerprint density at radius 3 is 2.17 bits per heavy atom. The molecule has 0 radical (unpaired) electrons. The van der Waals surface area contributed by atoms with E-state index in [4.69, 9.17) is 23.2 Å². The lowest BCUT2D eigenvalue weighted by molar-refractivity contribution is -0.139. The molecule has 0 aliphatic heterocycles. The van der Waals surface area contributed by atoms with Gasteiger partial charge in [-0.1, -0.05) is 72.1 Å². The molecular formula is C30H35Cl2N3O4S. The minimum Gasteiger partial charge on any atom is -0.352 e. The van der Waals surface area contributed by atoms with Gasteiger partial charge in [-0.25, -0.2) is 8.42 Å². The van der Waals surface area contributed by atoms with Gasteiger partial charge in [-0.05, 0) is 75.6 Å². The Morgan fingerprint density at radius 1 is 0.925 bits per heavy atom. The first-order chi connectivity index (χ1) is 18.8. The van der Waals surface area contributed by atoms with Crippen molar-refractivity contribution in [3.05, 3.63) is 93.5 Å². The minimum atomic E-state index is -4.20. The number of hydrogen-bond acceptors (Lipinski definition) is 4. The number of aryl methyl sites for hydroxylation is 2. The third-order valence-electron chi connectivity index (χ3n) is 6.85. The molecule has 3 aromatic carbocycles. The number of amides is 2. The molecule has 40 heavy (non-hydrogen) atoms. The lowest BCUT2D eigenvalue weighted by Crippen LogP contribution is -2.52. The SMILES string of the molecule is CC[C@H](C)NC(=O)[C@@H](C)N(Cc1ccccc1C)C(=O)CN(c1ccc(Cl)c(Cl)c1)S(=O)(=O)c1ccc(C)cc1. The summed E-state index contributed by atoms with van der Waals surface area (Å²) in [5.41, 5.74) is 2.86. The quantitative estimate of drug-likeness (QED) is 0.285. The van der Waals surface area contributed by atoms with Gasteiger partial charge >= 0.3 is 0 Å². The molecule has 0 spiro atoms. The van der Waals surface area contributed by atoms with E-state index in [9.17, 15) is 18.0 Å². The second-order valence-corrected chi connectivity index (χ2v) is 12.5. The maximum Gasteiger partial charge on any atom is 0.264 e. The molecule has 0 aromatic heterocycles. The average molecular weight is 605 g/mol. The first-order valence-electron chi connectivity index (χ1n) is 13.0. The van der Waals surface area contributed by atoms with Gasteiger partial charge in [-0.2, -0.15) is 0 Å². The largest absolute Gasteiger partial charge is 0.352 e. The molecule has 7 nitrogen and oxygen atoms in total. The Bertz CT molecular complexity index is 1460. The van der Waals surface area contributed by atoms with Crippen molar-refractivity contribution in [2.45, 2.75) is 64.6 Å². The molecule has 2 atom stereocenters. The molecule has 0 fully saturated rings. The molecule has 1 N–H and O–H groups in total. The zero-order valence-corrected chi connectivity index (χ0v) is 25.6. The van der Waals surface area contributed by atoms with Crippen LogP contribution in [0.2, 0.25) is 10.0 Å². The summed E-state index contributed by atoms with van der Waals surface area (Å²) in [6.07, 6.45) is 0.726. The Morgan fingerprint density at radius 2 is 1.57 bits per heavy atom. The topological polar surface area (TPSA) is 86.8 Å². The molecule has 0 aliphatic carbocycles. The van der Waals surface area contributed by atoms with Gasteiger partial charge in [0.2, 0.25) is 11.8 Å². The summed E-state index contributed by atoms with van der Waals surface area (Å²) < 4.78 is 28.8. The van der Waals surface area contributed by atoms with E-state index < -0.39 is 28.5 Å². The van der Waals surface area contributed by atoms with Crippen LogP contribution in [0.3, 0.4) is 0 Å². The fraction of sp³-hybridized carbons (Fsp3) is 0.333. The van der Waals surface area contributed by atoms with Crippen LogP contribution in [0.5, 0.6) is 0 Å². The van der Waals surface area contributed by atoms with E-state index in [1.54, 1.807) is 19.1 Å². The summed E-state index contributed by atoms with van der Waals surface area (Å²) in [6, 6.07) is 17.4. The fourth-order valence-corrected chi connectivity index (χ4v) is 5.72. The Kier molecular flexibility index (Phi) is 10.6. The van der Waals surface area contributed by atoms with Gasteiger partial charge in [0, 0.05) is 12.6 Å². The van der Waals surface area contributed by atoms with Crippen molar-refractivity contribution >= 4 is 50.7 Å². The fourth-order valence-electron chi connectivity index (χ4n) is 4.03. The number of hydrogen-bond donors (Lipinski definition) is 1. The molecule has 0 saturated carbocycles. The summed E-state index contributed by atoms with van der Waals surface area (Å²) in [5.74, 6) is -0.865. The Hall–Kier alpha value is -3.07. The van der Waals surface area contributed by atoms with E-state index in [-0.39, 0.29) is 39.1 Å². The molecule has 10 heteroatoms. The van der Waals surface area contributed by atoms with Gasteiger partial charge < -0.3 is 10.2 Å². The minimum absolute atomic E-state index is 0.0185. The van der Waals surface area contributed by atoms with Crippen LogP contribution in [0.15, 0.2) is 71.6 Å². The van der Waals surface area contributed by atoms with Crippen molar-refractivity contribution < 1.29 is 18.0 Å². The molecule has 0 unspecified atom stereocenters. The van der Waals surface area contributed by atoms with Crippen molar-refractivity contribution in [1.82, 2.24) is 10.2 Å². The lowest BCUT2D eigenvalue weighted by Gasteiger charge is -2.33. The monoisotopic (exact) mass is 603 g/mol. The van der Waals surface area contributed by atoms with E-state index in [2.05, 4.69) is 5.32 Å². The Balaban J connectivity index is 2.06. The van der Waals surface area contributed by atoms with E-state index in [0.29, 0.717) is 0 Å². The molecule has 0 aliphatic rings. The van der Waals surface area contributed by atoms with Crippen LogP contribution < -0.4 is 9.62 Å². The molecule has 0 saturated heterocycles. The van der Waals surface area contributed by atoms with Gasteiger partial charge in [-0.15, -0.1) is 0 Å². The van der Waals surface area contributed by atoms with E-state index in [1.807, 2.05) is 52.0 Å². The summed E-state index contributed by atoms with van der Waals surface area (Å²) >= 11 is 12.4. The Labute approximate surface area is 247 Å². The van der Waals surface area contributed by atoms with E-state index >= 15 is 0 Å². The van der Waals surface area contributed by atoms with Crippen molar-refractivity contribution in [3.63, 3.8) is 0 Å². The van der Waals surface area contributed by atoms with Crippen LogP contribution in [-0.4, -0.2) is 43.8 Å². The highest BCUT2D eigenvalue weighted by Gasteiger charge is 2.33. The van der Waals surface area contributed by atoms with Crippen molar-refractivity contribution in [2.75, 3.05) is 10.8 Å². The molecule has 0 heterocycles. The predicted octanol–water partition coefficient (Wildman–Crippen LogP) is 6.14. The zero-order chi connectivity index (χ0) is 29.6. The van der Waals surface area contributed by atoms with Crippen LogP contribution in [-0.2, 0) is 26.2 Å². The number of benzene rings is 3. The predicted molar refractivity (Wildman–Crippen MR) is 161 cm³/mol. The highest BCUT2D eigenvalue weighted by atomic mass is 35.5. The summed E-state index contributed by atoms with van der Waals surface area (Å²) in [6.45, 7) is 8.83. The highest BCUT2D eigenvalue weighted by Crippen LogP contribution is 2.31. The maximum absolute atomic E-state index is 14.0. The molecule has 3 aromatic rings. The first-order valence-corrected chi connectivity index (χ1v) is 15.2. The van der Waals surface area contributed by atoms with Gasteiger partial charge in [-0.3, -0.25) is 13.9 Å². The molecular weight excluding hydrogens is 569 g/mol. The number of nitrogens with zero attached hydrogens (tertiary/aromatic N) is 2. The van der Waals surface area contributed by atoms with Crippen LogP contribution in [0.1, 0.15) is 43.9 Å². The van der Waals surface area contributed by atoms with Crippen molar-refractivity contribution in [2.24, 2.45) is 0 Å². The van der Waals surface area contributed by atoms with Crippen LogP contribution in [0.25, 0.3) is 0 Å². The third-order valence-corrected chi connectivity index (χ3v) is 9.38. The molecule has 214 valence electrons. The summed E-state index contributed by atoms with van der Waals surface area (Å²) in [7, 11) is -4.20. The number of halogens is 2. The second kappa shape index (κ2) is 13.5. The van der Waals surface area contributed by atoms with Crippen LogP contribution in [0.4, 0.5) is 5.69 Å². The smallest absolute Gasteiger partial charge is 0.264 e. The summed E-state index contributed by atoms with van der Waals surface area (Å²) in [4.78, 5) is 28.6. The van der Waals surface area contributed by atoms with E-state index in [0.717, 1.165) is 27.4 Å². The zero-order valence-electron chi connectivity index (χ0n) is 23.3. The average Bonchev–Trinajstić information content (AvgIpc) is 2.92. The standard InChI is InChI=1S/C30H35Cl2N3O4S/c1-6-22(4)33-30(37)23(5)34(18-24-10-8-7-9-21(24)3)29(36)19-35(25-13-16-27(31)28(32)17-25)40(38,39)26-14-11-20(2)12-15-26/h7-17,22-23H,6,18-19H2,1-5H3,(H,33,37)/t22-,23+/m0/s1. The molecule has 2 amide bonds.